The first-order valence-electron chi connectivity index (χ1n) is 6.52. The fraction of sp³-hybridized carbons (Fsp3) is 0.133. The van der Waals surface area contributed by atoms with Crippen molar-refractivity contribution in [1.29, 1.82) is 0 Å². The number of aliphatic carboxylic acids is 1. The summed E-state index contributed by atoms with van der Waals surface area (Å²) in [5.41, 5.74) is 0.651. The van der Waals surface area contributed by atoms with Crippen LogP contribution in [0.4, 0.5) is 0 Å². The van der Waals surface area contributed by atoms with Crippen molar-refractivity contribution in [2.24, 2.45) is 5.10 Å². The highest BCUT2D eigenvalue weighted by atomic mass is 32.1. The smallest absolute Gasteiger partial charge is 0.267 e. The molecule has 7 heteroatoms. The molecule has 1 aliphatic rings. The molecule has 0 N–H and O–H groups in total. The van der Waals surface area contributed by atoms with Gasteiger partial charge in [-0.15, -0.1) is 11.3 Å². The molecule has 1 aliphatic heterocycles. The van der Waals surface area contributed by atoms with E-state index in [9.17, 15) is 14.7 Å². The SMILES string of the molecule is O=C([O-])C=CC(=O)N1N=C(c2ccco2)C[C@@H]1c1cccs1. The fourth-order valence-corrected chi connectivity index (χ4v) is 3.04. The molecule has 0 aromatic carbocycles. The Balaban J connectivity index is 1.90. The van der Waals surface area contributed by atoms with Crippen LogP contribution in [0.15, 0.2) is 57.6 Å². The minimum absolute atomic E-state index is 0.265. The quantitative estimate of drug-likeness (QED) is 0.796. The van der Waals surface area contributed by atoms with Crippen molar-refractivity contribution in [2.75, 3.05) is 0 Å². The summed E-state index contributed by atoms with van der Waals surface area (Å²) in [5, 5.41) is 18.0. The van der Waals surface area contributed by atoms with Crippen LogP contribution in [0.1, 0.15) is 23.1 Å². The Bertz CT molecular complexity index is 732. The number of carboxylic acids is 1. The van der Waals surface area contributed by atoms with E-state index in [-0.39, 0.29) is 6.04 Å². The average molecular weight is 315 g/mol. The van der Waals surface area contributed by atoms with E-state index in [1.54, 1.807) is 18.4 Å². The van der Waals surface area contributed by atoms with Crippen molar-refractivity contribution < 1.29 is 19.1 Å². The Morgan fingerprint density at radius 3 is 2.86 bits per heavy atom. The van der Waals surface area contributed by atoms with Gasteiger partial charge in [-0.3, -0.25) is 4.79 Å². The molecule has 0 spiro atoms. The van der Waals surface area contributed by atoms with Crippen molar-refractivity contribution in [3.05, 3.63) is 58.7 Å². The molecule has 0 unspecified atom stereocenters. The summed E-state index contributed by atoms with van der Waals surface area (Å²) < 4.78 is 5.32. The first-order chi connectivity index (χ1) is 10.6. The first kappa shape index (κ1) is 14.3. The molecule has 0 fully saturated rings. The third-order valence-corrected chi connectivity index (χ3v) is 4.15. The van der Waals surface area contributed by atoms with Crippen LogP contribution in [-0.2, 0) is 9.59 Å². The molecule has 1 atom stereocenters. The normalized spacial score (nSPS) is 17.9. The van der Waals surface area contributed by atoms with Gasteiger partial charge in [0.25, 0.3) is 5.91 Å². The summed E-state index contributed by atoms with van der Waals surface area (Å²) in [6.07, 6.45) is 3.70. The van der Waals surface area contributed by atoms with Crippen LogP contribution in [0.5, 0.6) is 0 Å². The highest BCUT2D eigenvalue weighted by molar-refractivity contribution is 7.10. The Morgan fingerprint density at radius 2 is 2.23 bits per heavy atom. The minimum atomic E-state index is -1.42. The van der Waals surface area contributed by atoms with E-state index in [1.165, 1.54) is 16.3 Å². The number of nitrogens with zero attached hydrogens (tertiary/aromatic N) is 2. The molecule has 6 nitrogen and oxygen atoms in total. The van der Waals surface area contributed by atoms with Crippen LogP contribution in [-0.4, -0.2) is 22.6 Å². The summed E-state index contributed by atoms with van der Waals surface area (Å²) in [4.78, 5) is 23.6. The van der Waals surface area contributed by atoms with Gasteiger partial charge in [0.1, 0.15) is 11.5 Å². The van der Waals surface area contributed by atoms with Crippen LogP contribution in [0.25, 0.3) is 0 Å². The van der Waals surface area contributed by atoms with Crippen LogP contribution in [0, 0.1) is 0 Å². The molecule has 2 aromatic heterocycles. The predicted octanol–water partition coefficient (Wildman–Crippen LogP) is 1.32. The van der Waals surface area contributed by atoms with E-state index in [1.807, 2.05) is 17.5 Å². The summed E-state index contributed by atoms with van der Waals surface area (Å²) >= 11 is 1.51. The van der Waals surface area contributed by atoms with Gasteiger partial charge < -0.3 is 14.3 Å². The van der Waals surface area contributed by atoms with Crippen LogP contribution < -0.4 is 5.11 Å². The van der Waals surface area contributed by atoms with Crippen molar-refractivity contribution in [1.82, 2.24) is 5.01 Å². The van der Waals surface area contributed by atoms with Crippen molar-refractivity contribution in [2.45, 2.75) is 12.5 Å². The largest absolute Gasteiger partial charge is 0.545 e. The Hall–Kier alpha value is -2.67. The standard InChI is InChI=1S/C15H12N2O4S/c18-14(5-6-15(19)20)17-11(13-4-2-8-22-13)9-10(16-17)12-3-1-7-21-12/h1-8,11H,9H2,(H,19,20)/p-1/t11-/m1/s1. The van der Waals surface area contributed by atoms with Gasteiger partial charge in [0, 0.05) is 17.4 Å². The second-order valence-electron chi connectivity index (χ2n) is 4.59. The number of hydrogen-bond donors (Lipinski definition) is 0. The molecule has 3 heterocycles. The van der Waals surface area contributed by atoms with E-state index >= 15 is 0 Å². The lowest BCUT2D eigenvalue weighted by Crippen LogP contribution is -2.26. The molecule has 0 saturated carbocycles. The highest BCUT2D eigenvalue weighted by Gasteiger charge is 2.33. The number of furan rings is 1. The number of carbonyl (C=O) groups is 2. The summed E-state index contributed by atoms with van der Waals surface area (Å²) in [7, 11) is 0. The number of thiophene rings is 1. The first-order valence-corrected chi connectivity index (χ1v) is 7.40. The lowest BCUT2D eigenvalue weighted by molar-refractivity contribution is -0.297. The molecule has 2 aromatic rings. The minimum Gasteiger partial charge on any atom is -0.545 e. The number of hydrazone groups is 1. The molecule has 0 bridgehead atoms. The van der Waals surface area contributed by atoms with Gasteiger partial charge >= 0.3 is 0 Å². The molecule has 3 rings (SSSR count). The number of rotatable bonds is 4. The summed E-state index contributed by atoms with van der Waals surface area (Å²) in [5.74, 6) is -1.33. The van der Waals surface area contributed by atoms with E-state index in [0.29, 0.717) is 24.0 Å². The summed E-state index contributed by atoms with van der Waals surface area (Å²) in [6, 6.07) is 7.07. The Labute approximate surface area is 130 Å². The van der Waals surface area contributed by atoms with Crippen LogP contribution >= 0.6 is 11.3 Å². The van der Waals surface area contributed by atoms with E-state index in [0.717, 1.165) is 11.0 Å². The van der Waals surface area contributed by atoms with Gasteiger partial charge in [0.2, 0.25) is 0 Å². The van der Waals surface area contributed by atoms with Gasteiger partial charge in [0.15, 0.2) is 0 Å². The zero-order valence-electron chi connectivity index (χ0n) is 11.3. The lowest BCUT2D eigenvalue weighted by Gasteiger charge is -2.18. The van der Waals surface area contributed by atoms with E-state index in [2.05, 4.69) is 5.10 Å². The molecular formula is C15H11N2O4S-. The summed E-state index contributed by atoms with van der Waals surface area (Å²) in [6.45, 7) is 0. The van der Waals surface area contributed by atoms with Gasteiger partial charge in [-0.05, 0) is 29.7 Å². The monoisotopic (exact) mass is 315 g/mol. The third-order valence-electron chi connectivity index (χ3n) is 3.18. The fourth-order valence-electron chi connectivity index (χ4n) is 2.22. The maximum atomic E-state index is 12.2. The van der Waals surface area contributed by atoms with Crippen LogP contribution in [0.3, 0.4) is 0 Å². The van der Waals surface area contributed by atoms with E-state index < -0.39 is 11.9 Å². The molecule has 0 aliphatic carbocycles. The van der Waals surface area contributed by atoms with Gasteiger partial charge in [-0.1, -0.05) is 6.07 Å². The molecule has 22 heavy (non-hydrogen) atoms. The third kappa shape index (κ3) is 2.84. The highest BCUT2D eigenvalue weighted by Crippen LogP contribution is 2.35. The van der Waals surface area contributed by atoms with Crippen molar-refractivity contribution in [3.8, 4) is 0 Å². The number of hydrogen-bond acceptors (Lipinski definition) is 6. The van der Waals surface area contributed by atoms with Crippen LogP contribution in [0.2, 0.25) is 0 Å². The topological polar surface area (TPSA) is 85.9 Å². The second kappa shape index (κ2) is 5.98. The Morgan fingerprint density at radius 1 is 1.36 bits per heavy atom. The van der Waals surface area contributed by atoms with E-state index in [4.69, 9.17) is 4.42 Å². The number of carboxylic acid groups (broad SMARTS) is 1. The van der Waals surface area contributed by atoms with Crippen molar-refractivity contribution >= 4 is 28.9 Å². The number of carbonyl (C=O) groups excluding carboxylic acids is 2. The molecule has 112 valence electrons. The van der Waals surface area contributed by atoms with Gasteiger partial charge in [-0.2, -0.15) is 5.10 Å². The molecule has 0 saturated heterocycles. The molecule has 0 radical (unpaired) electrons. The van der Waals surface area contributed by atoms with Crippen molar-refractivity contribution in [3.63, 3.8) is 0 Å². The maximum absolute atomic E-state index is 12.2. The average Bonchev–Trinajstić information content (AvgIpc) is 3.23. The molecule has 1 amide bonds. The Kier molecular flexibility index (Phi) is 3.88. The second-order valence-corrected chi connectivity index (χ2v) is 5.57. The zero-order chi connectivity index (χ0) is 15.5. The van der Waals surface area contributed by atoms with Gasteiger partial charge in [0.05, 0.1) is 18.3 Å². The maximum Gasteiger partial charge on any atom is 0.267 e. The van der Waals surface area contributed by atoms with Gasteiger partial charge in [-0.25, -0.2) is 5.01 Å². The number of amides is 1. The lowest BCUT2D eigenvalue weighted by atomic mass is 10.1. The predicted molar refractivity (Wildman–Crippen MR) is 77.9 cm³/mol. The molecular weight excluding hydrogens is 304 g/mol. The zero-order valence-corrected chi connectivity index (χ0v) is 12.2.